The van der Waals surface area contributed by atoms with Crippen LogP contribution >= 0.6 is 11.3 Å². The first-order chi connectivity index (χ1) is 10.9. The van der Waals surface area contributed by atoms with Crippen LogP contribution in [-0.2, 0) is 14.8 Å². The standard InChI is InChI=1S/C14H15N3O4S2/c1-3-23(19,20)16-14-15-10(8-22-14)9-4-5-12-11(6-9)17(2)13(18)7-21-12/h4-6,8H,3,7H2,1-2H3,(H,15,16). The molecule has 3 rings (SSSR count). The molecule has 0 fully saturated rings. The third-order valence-electron chi connectivity index (χ3n) is 3.47. The number of nitrogens with zero attached hydrogens (tertiary/aromatic N) is 2. The summed E-state index contributed by atoms with van der Waals surface area (Å²) < 4.78 is 31.0. The monoisotopic (exact) mass is 353 g/mol. The first kappa shape index (κ1) is 15.8. The lowest BCUT2D eigenvalue weighted by Gasteiger charge is -2.26. The lowest BCUT2D eigenvalue weighted by atomic mass is 10.1. The molecule has 0 spiro atoms. The van der Waals surface area contributed by atoms with Gasteiger partial charge in [-0.05, 0) is 25.1 Å². The number of sulfonamides is 1. The maximum Gasteiger partial charge on any atom is 0.264 e. The molecule has 1 aromatic heterocycles. The number of carbonyl (C=O) groups excluding carboxylic acids is 1. The summed E-state index contributed by atoms with van der Waals surface area (Å²) in [5.41, 5.74) is 2.09. The number of benzene rings is 1. The highest BCUT2D eigenvalue weighted by atomic mass is 32.2. The number of rotatable bonds is 4. The van der Waals surface area contributed by atoms with Crippen LogP contribution < -0.4 is 14.4 Å². The zero-order chi connectivity index (χ0) is 16.6. The van der Waals surface area contributed by atoms with E-state index in [2.05, 4.69) is 9.71 Å². The largest absolute Gasteiger partial charge is 0.482 e. The second-order valence-corrected chi connectivity index (χ2v) is 7.84. The number of thiazole rings is 1. The molecule has 1 amide bonds. The minimum atomic E-state index is -3.35. The molecule has 9 heteroatoms. The van der Waals surface area contributed by atoms with Crippen LogP contribution in [0.3, 0.4) is 0 Å². The van der Waals surface area contributed by atoms with E-state index in [-0.39, 0.29) is 18.3 Å². The van der Waals surface area contributed by atoms with Crippen LogP contribution in [0.2, 0.25) is 0 Å². The van der Waals surface area contributed by atoms with E-state index in [0.717, 1.165) is 5.56 Å². The molecule has 7 nitrogen and oxygen atoms in total. The molecule has 23 heavy (non-hydrogen) atoms. The fourth-order valence-electron chi connectivity index (χ4n) is 2.09. The highest BCUT2D eigenvalue weighted by Gasteiger charge is 2.23. The third-order valence-corrected chi connectivity index (χ3v) is 5.62. The van der Waals surface area contributed by atoms with Gasteiger partial charge < -0.3 is 9.64 Å². The third kappa shape index (κ3) is 3.15. The Morgan fingerprint density at radius 1 is 1.43 bits per heavy atom. The Kier molecular flexibility index (Phi) is 3.99. The molecule has 1 aliphatic rings. The summed E-state index contributed by atoms with van der Waals surface area (Å²) >= 11 is 1.21. The quantitative estimate of drug-likeness (QED) is 0.907. The Morgan fingerprint density at radius 2 is 2.22 bits per heavy atom. The number of hydrogen-bond donors (Lipinski definition) is 1. The topological polar surface area (TPSA) is 88.6 Å². The van der Waals surface area contributed by atoms with E-state index in [4.69, 9.17) is 4.74 Å². The molecule has 1 aliphatic heterocycles. The molecule has 0 unspecified atom stereocenters. The van der Waals surface area contributed by atoms with E-state index in [1.54, 1.807) is 31.5 Å². The predicted octanol–water partition coefficient (Wildman–Crippen LogP) is 1.93. The van der Waals surface area contributed by atoms with Gasteiger partial charge in [0.2, 0.25) is 10.0 Å². The number of fused-ring (bicyclic) bond motifs is 1. The number of ether oxygens (including phenoxy) is 1. The van der Waals surface area contributed by atoms with Crippen molar-refractivity contribution in [2.75, 3.05) is 29.0 Å². The summed E-state index contributed by atoms with van der Waals surface area (Å²) in [5.74, 6) is 0.507. The molecule has 0 atom stereocenters. The Labute approximate surface area is 138 Å². The number of carbonyl (C=O) groups is 1. The summed E-state index contributed by atoms with van der Waals surface area (Å²) in [4.78, 5) is 17.5. The highest BCUT2D eigenvalue weighted by Crippen LogP contribution is 2.36. The van der Waals surface area contributed by atoms with E-state index < -0.39 is 10.0 Å². The smallest absolute Gasteiger partial charge is 0.264 e. The van der Waals surface area contributed by atoms with Crippen molar-refractivity contribution in [2.45, 2.75) is 6.92 Å². The molecule has 0 aliphatic carbocycles. The highest BCUT2D eigenvalue weighted by molar-refractivity contribution is 7.92. The second kappa shape index (κ2) is 5.82. The Morgan fingerprint density at radius 3 is 2.96 bits per heavy atom. The van der Waals surface area contributed by atoms with Gasteiger partial charge in [-0.15, -0.1) is 11.3 Å². The minimum Gasteiger partial charge on any atom is -0.482 e. The summed E-state index contributed by atoms with van der Waals surface area (Å²) in [7, 11) is -1.66. The number of aromatic nitrogens is 1. The van der Waals surface area contributed by atoms with Gasteiger partial charge in [-0.2, -0.15) is 0 Å². The summed E-state index contributed by atoms with van der Waals surface area (Å²) in [5, 5.41) is 2.08. The lowest BCUT2D eigenvalue weighted by molar-refractivity contribution is -0.120. The molecular weight excluding hydrogens is 338 g/mol. The van der Waals surface area contributed by atoms with Crippen molar-refractivity contribution in [3.8, 4) is 17.0 Å². The number of nitrogens with one attached hydrogen (secondary N) is 1. The van der Waals surface area contributed by atoms with Gasteiger partial charge in [0.25, 0.3) is 5.91 Å². The first-order valence-electron chi connectivity index (χ1n) is 6.89. The summed E-state index contributed by atoms with van der Waals surface area (Å²) in [6.45, 7) is 1.59. The first-order valence-corrected chi connectivity index (χ1v) is 9.42. The van der Waals surface area contributed by atoms with Crippen LogP contribution in [-0.4, -0.2) is 38.7 Å². The maximum atomic E-state index is 11.7. The summed E-state index contributed by atoms with van der Waals surface area (Å²) in [6.07, 6.45) is 0. The zero-order valence-corrected chi connectivity index (χ0v) is 14.2. The normalized spacial score (nSPS) is 14.3. The van der Waals surface area contributed by atoms with Gasteiger partial charge in [-0.25, -0.2) is 13.4 Å². The average Bonchev–Trinajstić information content (AvgIpc) is 2.98. The van der Waals surface area contributed by atoms with Gasteiger partial charge >= 0.3 is 0 Å². The van der Waals surface area contributed by atoms with Crippen LogP contribution in [0.25, 0.3) is 11.3 Å². The van der Waals surface area contributed by atoms with Crippen LogP contribution in [0.1, 0.15) is 6.92 Å². The molecule has 1 aromatic carbocycles. The Balaban J connectivity index is 1.91. The number of anilines is 2. The van der Waals surface area contributed by atoms with E-state index in [1.165, 1.54) is 16.2 Å². The molecule has 122 valence electrons. The van der Waals surface area contributed by atoms with E-state index >= 15 is 0 Å². The van der Waals surface area contributed by atoms with Crippen LogP contribution in [0.5, 0.6) is 5.75 Å². The van der Waals surface area contributed by atoms with Gasteiger partial charge in [0.1, 0.15) is 5.75 Å². The van der Waals surface area contributed by atoms with Gasteiger partial charge in [0.05, 0.1) is 17.1 Å². The van der Waals surface area contributed by atoms with Crippen molar-refractivity contribution in [3.05, 3.63) is 23.6 Å². The van der Waals surface area contributed by atoms with Crippen LogP contribution in [0, 0.1) is 0 Å². The van der Waals surface area contributed by atoms with Crippen molar-refractivity contribution in [3.63, 3.8) is 0 Å². The zero-order valence-electron chi connectivity index (χ0n) is 12.6. The molecule has 2 aromatic rings. The number of hydrogen-bond acceptors (Lipinski definition) is 6. The second-order valence-electron chi connectivity index (χ2n) is 4.97. The molecular formula is C14H15N3O4S2. The van der Waals surface area contributed by atoms with Crippen molar-refractivity contribution in [1.29, 1.82) is 0 Å². The van der Waals surface area contributed by atoms with Gasteiger partial charge in [-0.3, -0.25) is 9.52 Å². The minimum absolute atomic E-state index is 0.00893. The predicted molar refractivity (Wildman–Crippen MR) is 89.5 cm³/mol. The van der Waals surface area contributed by atoms with Crippen LogP contribution in [0.4, 0.5) is 10.8 Å². The van der Waals surface area contributed by atoms with Crippen molar-refractivity contribution < 1.29 is 17.9 Å². The van der Waals surface area contributed by atoms with Crippen molar-refractivity contribution in [1.82, 2.24) is 4.98 Å². The Hall–Kier alpha value is -2.13. The number of likely N-dealkylation sites (N-methyl/N-ethyl adjacent to an activating group) is 1. The average molecular weight is 353 g/mol. The van der Waals surface area contributed by atoms with Crippen molar-refractivity contribution >= 4 is 38.1 Å². The van der Waals surface area contributed by atoms with Gasteiger partial charge in [0.15, 0.2) is 11.7 Å². The molecule has 2 heterocycles. The van der Waals surface area contributed by atoms with Gasteiger partial charge in [-0.1, -0.05) is 0 Å². The molecule has 0 saturated carbocycles. The molecule has 1 N–H and O–H groups in total. The molecule has 0 saturated heterocycles. The fraction of sp³-hybridized carbons (Fsp3) is 0.286. The van der Waals surface area contributed by atoms with E-state index in [0.29, 0.717) is 22.3 Å². The van der Waals surface area contributed by atoms with Gasteiger partial charge in [0, 0.05) is 18.0 Å². The lowest BCUT2D eigenvalue weighted by Crippen LogP contribution is -2.35. The van der Waals surface area contributed by atoms with Crippen molar-refractivity contribution in [2.24, 2.45) is 0 Å². The maximum absolute atomic E-state index is 11.7. The summed E-state index contributed by atoms with van der Waals surface area (Å²) in [6, 6.07) is 5.41. The van der Waals surface area contributed by atoms with E-state index in [1.807, 2.05) is 6.07 Å². The number of amides is 1. The fourth-order valence-corrected chi connectivity index (χ4v) is 3.68. The molecule has 0 radical (unpaired) electrons. The SMILES string of the molecule is CCS(=O)(=O)Nc1nc(-c2ccc3c(c2)N(C)C(=O)CO3)cs1. The van der Waals surface area contributed by atoms with E-state index in [9.17, 15) is 13.2 Å². The Bertz CT molecular complexity index is 861. The molecule has 0 bridgehead atoms. The van der Waals surface area contributed by atoms with Crippen LogP contribution in [0.15, 0.2) is 23.6 Å².